The lowest BCUT2D eigenvalue weighted by molar-refractivity contribution is 1.24. The van der Waals surface area contributed by atoms with Crippen LogP contribution in [-0.4, -0.2) is 0 Å². The van der Waals surface area contributed by atoms with Crippen LogP contribution in [0.15, 0.2) is 247 Å². The molecule has 0 saturated heterocycles. The Kier molecular flexibility index (Phi) is 12.5. The van der Waals surface area contributed by atoms with E-state index in [1.807, 2.05) is 12.1 Å². The molecule has 0 fully saturated rings. The number of hydrogen-bond acceptors (Lipinski definition) is 1. The third-order valence-corrected chi connectivity index (χ3v) is 12.2. The molecule has 0 radical (unpaired) electrons. The van der Waals surface area contributed by atoms with E-state index in [9.17, 15) is 0 Å². The van der Waals surface area contributed by atoms with Crippen LogP contribution in [0.3, 0.4) is 0 Å². The second-order valence-electron chi connectivity index (χ2n) is 10.6. The first-order valence-electron chi connectivity index (χ1n) is 15.6. The molecular weight excluding hydrogens is 593 g/mol. The fraction of sp³-hybridized carbons (Fsp3) is 0.0455. The average molecular weight is 633 g/mol. The van der Waals surface area contributed by atoms with Crippen molar-refractivity contribution in [2.75, 3.05) is 0 Å². The molecule has 0 bridgehead atoms. The van der Waals surface area contributed by atoms with Gasteiger partial charge in [-0.15, -0.1) is 10.0 Å². The van der Waals surface area contributed by atoms with Crippen molar-refractivity contribution in [2.45, 2.75) is 42.7 Å². The van der Waals surface area contributed by atoms with Crippen LogP contribution in [0.2, 0.25) is 0 Å². The Morgan fingerprint density at radius 2 is 0.739 bits per heavy atom. The molecule has 0 nitrogen and oxygen atoms in total. The molecule has 0 saturated carbocycles. The highest BCUT2D eigenvalue weighted by Gasteiger charge is 2.32. The van der Waals surface area contributed by atoms with Crippen LogP contribution in [-0.2, 0) is 0 Å². The minimum absolute atomic E-state index is 1.08. The molecule has 6 aromatic carbocycles. The van der Waals surface area contributed by atoms with Gasteiger partial charge < -0.3 is 0 Å². The molecule has 1 aliphatic rings. The molecular formula is C44H40S2. The van der Waals surface area contributed by atoms with Crippen LogP contribution < -0.4 is 0 Å². The number of hydrogen-bond donors (Lipinski definition) is 0. The van der Waals surface area contributed by atoms with Gasteiger partial charge in [0.05, 0.1) is 0 Å². The zero-order valence-corrected chi connectivity index (χ0v) is 27.9. The van der Waals surface area contributed by atoms with Gasteiger partial charge in [0.2, 0.25) is 0 Å². The standard InChI is InChI=1S/C24H20S.C12H10S.C8H10/c1-5-13-21(14-6-1)25(22-15-7-2-8-16-22,23-17-9-3-10-18-23)24-19-11-4-12-20-24;1-3-7-11(8-4-1)13-12-9-5-2-6-10-12;1-8-6-4-2-3-5-7-8/h1-20H;1-10H;2-4,6-7H,5H2,1H3. The summed E-state index contributed by atoms with van der Waals surface area (Å²) >= 11 is 1.79. The first-order valence-corrected chi connectivity index (χ1v) is 18.0. The van der Waals surface area contributed by atoms with Crippen molar-refractivity contribution in [3.8, 4) is 0 Å². The van der Waals surface area contributed by atoms with E-state index in [-0.39, 0.29) is 0 Å². The van der Waals surface area contributed by atoms with Crippen LogP contribution in [0.25, 0.3) is 0 Å². The van der Waals surface area contributed by atoms with Crippen molar-refractivity contribution in [1.82, 2.24) is 0 Å². The lowest BCUT2D eigenvalue weighted by Crippen LogP contribution is -2.04. The van der Waals surface area contributed by atoms with Gasteiger partial charge in [-0.1, -0.05) is 157 Å². The Morgan fingerprint density at radius 3 is 1.09 bits per heavy atom. The quantitative estimate of drug-likeness (QED) is 0.176. The molecule has 0 amide bonds. The second kappa shape index (κ2) is 17.7. The van der Waals surface area contributed by atoms with Gasteiger partial charge in [-0.2, -0.15) is 0 Å². The van der Waals surface area contributed by atoms with Gasteiger partial charge in [-0.3, -0.25) is 0 Å². The average Bonchev–Trinajstić information content (AvgIpc) is 3.39. The molecule has 0 heterocycles. The highest BCUT2D eigenvalue weighted by molar-refractivity contribution is 8.34. The van der Waals surface area contributed by atoms with Gasteiger partial charge in [0.1, 0.15) is 0 Å². The van der Waals surface area contributed by atoms with Crippen molar-refractivity contribution in [1.29, 1.82) is 0 Å². The lowest BCUT2D eigenvalue weighted by atomic mass is 10.2. The Morgan fingerprint density at radius 1 is 0.413 bits per heavy atom. The minimum atomic E-state index is -1.51. The van der Waals surface area contributed by atoms with Gasteiger partial charge in [0, 0.05) is 29.4 Å². The van der Waals surface area contributed by atoms with E-state index in [0.29, 0.717) is 0 Å². The molecule has 2 heteroatoms. The van der Waals surface area contributed by atoms with E-state index in [0.717, 1.165) is 6.42 Å². The van der Waals surface area contributed by atoms with E-state index in [1.54, 1.807) is 11.8 Å². The summed E-state index contributed by atoms with van der Waals surface area (Å²) in [4.78, 5) is 8.01. The molecule has 7 rings (SSSR count). The van der Waals surface area contributed by atoms with Crippen LogP contribution >= 0.6 is 21.8 Å². The normalized spacial score (nSPS) is 12.3. The van der Waals surface area contributed by atoms with E-state index in [2.05, 4.69) is 207 Å². The van der Waals surface area contributed by atoms with Gasteiger partial charge in [0.15, 0.2) is 0 Å². The highest BCUT2D eigenvalue weighted by atomic mass is 32.3. The molecule has 0 unspecified atom stereocenters. The Bertz CT molecular complexity index is 1590. The van der Waals surface area contributed by atoms with Crippen molar-refractivity contribution in [3.05, 3.63) is 218 Å². The zero-order valence-electron chi connectivity index (χ0n) is 26.2. The number of allylic oxidation sites excluding steroid dienone is 6. The minimum Gasteiger partial charge on any atom is -0.133 e. The molecule has 228 valence electrons. The molecule has 1 aliphatic carbocycles. The first kappa shape index (κ1) is 32.6. The van der Waals surface area contributed by atoms with E-state index < -0.39 is 10.0 Å². The predicted octanol–water partition coefficient (Wildman–Crippen LogP) is 13.3. The molecule has 0 atom stereocenters. The lowest BCUT2D eigenvalue weighted by Gasteiger charge is -2.42. The Hall–Kier alpha value is -4.76. The molecule has 0 aliphatic heterocycles. The maximum Gasteiger partial charge on any atom is 0.0122 e. The fourth-order valence-corrected chi connectivity index (χ4v) is 9.87. The van der Waals surface area contributed by atoms with Crippen molar-refractivity contribution in [2.24, 2.45) is 0 Å². The van der Waals surface area contributed by atoms with Gasteiger partial charge in [0.25, 0.3) is 0 Å². The summed E-state index contributed by atoms with van der Waals surface area (Å²) in [5.74, 6) is 0. The number of benzene rings is 6. The smallest absolute Gasteiger partial charge is 0.0122 e. The summed E-state index contributed by atoms with van der Waals surface area (Å²) in [5, 5.41) is 0. The maximum atomic E-state index is 2.27. The van der Waals surface area contributed by atoms with Crippen molar-refractivity contribution >= 4 is 21.8 Å². The molecule has 0 N–H and O–H groups in total. The first-order chi connectivity index (χ1) is 22.8. The van der Waals surface area contributed by atoms with Gasteiger partial charge in [-0.25, -0.2) is 0 Å². The van der Waals surface area contributed by atoms with E-state index in [1.165, 1.54) is 34.9 Å². The fourth-order valence-electron chi connectivity index (χ4n) is 5.11. The summed E-state index contributed by atoms with van der Waals surface area (Å²) < 4.78 is 0. The van der Waals surface area contributed by atoms with Crippen molar-refractivity contribution in [3.63, 3.8) is 0 Å². The Balaban J connectivity index is 0.000000164. The molecule has 46 heavy (non-hydrogen) atoms. The van der Waals surface area contributed by atoms with E-state index in [4.69, 9.17) is 0 Å². The van der Waals surface area contributed by atoms with Gasteiger partial charge >= 0.3 is 0 Å². The summed E-state index contributed by atoms with van der Waals surface area (Å²) in [5.41, 5.74) is 1.36. The molecule has 6 aromatic rings. The monoisotopic (exact) mass is 632 g/mol. The SMILES string of the molecule is CC1=CCC=CC=C1.c1ccc(S(c2ccccc2)(c2ccccc2)c2ccccc2)cc1.c1ccc(Sc2ccccc2)cc1. The number of rotatable bonds is 6. The molecule has 0 spiro atoms. The third-order valence-electron chi connectivity index (χ3n) is 7.29. The molecule has 0 aromatic heterocycles. The van der Waals surface area contributed by atoms with E-state index >= 15 is 0 Å². The zero-order chi connectivity index (χ0) is 31.7. The van der Waals surface area contributed by atoms with Crippen LogP contribution in [0, 0.1) is 0 Å². The van der Waals surface area contributed by atoms with Crippen LogP contribution in [0.1, 0.15) is 13.3 Å². The van der Waals surface area contributed by atoms with Crippen molar-refractivity contribution < 1.29 is 0 Å². The Labute approximate surface area is 281 Å². The largest absolute Gasteiger partial charge is 0.133 e. The van der Waals surface area contributed by atoms with Gasteiger partial charge in [-0.05, 0) is 86.1 Å². The van der Waals surface area contributed by atoms with Crippen LogP contribution in [0.5, 0.6) is 0 Å². The predicted molar refractivity (Wildman–Crippen MR) is 200 cm³/mol. The summed E-state index contributed by atoms with van der Waals surface area (Å²) in [6.07, 6.45) is 11.7. The second-order valence-corrected chi connectivity index (χ2v) is 14.8. The summed E-state index contributed by atoms with van der Waals surface area (Å²) in [7, 11) is -1.51. The summed E-state index contributed by atoms with van der Waals surface area (Å²) in [6.45, 7) is 2.11. The highest BCUT2D eigenvalue weighted by Crippen LogP contribution is 2.73. The topological polar surface area (TPSA) is 0 Å². The summed E-state index contributed by atoms with van der Waals surface area (Å²) in [6, 6.07) is 64.5. The third kappa shape index (κ3) is 8.91. The van der Waals surface area contributed by atoms with Crippen LogP contribution in [0.4, 0.5) is 0 Å². The maximum absolute atomic E-state index is 2.27.